The Kier molecular flexibility index (Phi) is 4.79. The number of hydrogen-bond donors (Lipinski definition) is 2. The van der Waals surface area contributed by atoms with Gasteiger partial charge in [0.05, 0.1) is 20.8 Å². The van der Waals surface area contributed by atoms with Gasteiger partial charge in [-0.2, -0.15) is 0 Å². The van der Waals surface area contributed by atoms with Crippen LogP contribution in [0.2, 0.25) is 0 Å². The lowest BCUT2D eigenvalue weighted by Gasteiger charge is -2.14. The number of rotatable bonds is 5. The molecule has 0 aliphatic rings. The number of aromatic hydroxyl groups is 1. The molecule has 0 saturated carbocycles. The normalized spacial score (nSPS) is 11.8. The molecular weight excluding hydrogens is 240 g/mol. The van der Waals surface area contributed by atoms with Crippen molar-refractivity contribution in [1.82, 2.24) is 0 Å². The fourth-order valence-electron chi connectivity index (χ4n) is 1.43. The van der Waals surface area contributed by atoms with Gasteiger partial charge < -0.3 is 24.4 Å². The summed E-state index contributed by atoms with van der Waals surface area (Å²) in [6.45, 7) is 1.81. The molecule has 0 radical (unpaired) electrons. The van der Waals surface area contributed by atoms with Gasteiger partial charge in [-0.3, -0.25) is 0 Å². The third kappa shape index (κ3) is 2.84. The summed E-state index contributed by atoms with van der Waals surface area (Å²) in [4.78, 5) is 11.4. The molecule has 0 fully saturated rings. The van der Waals surface area contributed by atoms with Gasteiger partial charge in [-0.05, 0) is 24.6 Å². The molecule has 0 aliphatic heterocycles. The molecule has 100 valence electrons. The molecule has 1 aromatic rings. The van der Waals surface area contributed by atoms with Crippen molar-refractivity contribution in [2.24, 2.45) is 0 Å². The first kappa shape index (κ1) is 14.1. The minimum absolute atomic E-state index is 0.104. The Morgan fingerprint density at radius 1 is 1.28 bits per heavy atom. The van der Waals surface area contributed by atoms with Crippen LogP contribution in [0.15, 0.2) is 12.1 Å². The average Bonchev–Trinajstić information content (AvgIpc) is 2.38. The number of phenolic OH excluding ortho intramolecular Hbond substituents is 1. The molecule has 1 atom stereocenters. The monoisotopic (exact) mass is 256 g/mol. The lowest BCUT2D eigenvalue weighted by molar-refractivity contribution is -0.153. The third-order valence-electron chi connectivity index (χ3n) is 2.33. The molecule has 0 saturated heterocycles. The second kappa shape index (κ2) is 6.11. The smallest absolute Gasteiger partial charge is 0.339 e. The van der Waals surface area contributed by atoms with Crippen molar-refractivity contribution in [2.75, 3.05) is 20.8 Å². The van der Waals surface area contributed by atoms with Crippen molar-refractivity contribution >= 4 is 5.97 Å². The van der Waals surface area contributed by atoms with Crippen LogP contribution in [-0.2, 0) is 9.53 Å². The lowest BCUT2D eigenvalue weighted by Crippen LogP contribution is -2.15. The number of aliphatic hydroxyl groups is 1. The molecule has 2 N–H and O–H groups in total. The van der Waals surface area contributed by atoms with E-state index in [0.717, 1.165) is 0 Å². The van der Waals surface area contributed by atoms with E-state index < -0.39 is 12.1 Å². The minimum Gasteiger partial charge on any atom is -0.502 e. The van der Waals surface area contributed by atoms with Crippen LogP contribution in [0.3, 0.4) is 0 Å². The number of ether oxygens (including phenoxy) is 3. The molecule has 0 bridgehead atoms. The van der Waals surface area contributed by atoms with Crippen molar-refractivity contribution in [1.29, 1.82) is 0 Å². The number of methoxy groups -OCH3 is 2. The van der Waals surface area contributed by atoms with Gasteiger partial charge >= 0.3 is 5.97 Å². The van der Waals surface area contributed by atoms with E-state index in [2.05, 4.69) is 0 Å². The standard InChI is InChI=1S/C12H16O6/c1-4-18-12(15)10(13)7-5-8(16-2)11(14)9(6-7)17-3/h5-6,10,13-14H,4H2,1-3H3/t10-/m1/s1. The van der Waals surface area contributed by atoms with E-state index in [0.29, 0.717) is 0 Å². The summed E-state index contributed by atoms with van der Waals surface area (Å²) in [5.74, 6) is -0.757. The summed E-state index contributed by atoms with van der Waals surface area (Å²) >= 11 is 0. The summed E-state index contributed by atoms with van der Waals surface area (Å²) in [6, 6.07) is 2.69. The number of hydrogen-bond acceptors (Lipinski definition) is 6. The number of carbonyl (C=O) groups excluding carboxylic acids is 1. The van der Waals surface area contributed by atoms with Crippen molar-refractivity contribution < 1.29 is 29.2 Å². The minimum atomic E-state index is -1.45. The van der Waals surface area contributed by atoms with Crippen LogP contribution >= 0.6 is 0 Å². The fourth-order valence-corrected chi connectivity index (χ4v) is 1.43. The Labute approximate surface area is 105 Å². The highest BCUT2D eigenvalue weighted by Crippen LogP contribution is 2.38. The van der Waals surface area contributed by atoms with Gasteiger partial charge in [0, 0.05) is 0 Å². The highest BCUT2D eigenvalue weighted by molar-refractivity contribution is 5.77. The van der Waals surface area contributed by atoms with E-state index >= 15 is 0 Å². The van der Waals surface area contributed by atoms with Crippen LogP contribution in [0.1, 0.15) is 18.6 Å². The van der Waals surface area contributed by atoms with Gasteiger partial charge in [-0.1, -0.05) is 0 Å². The zero-order valence-electron chi connectivity index (χ0n) is 10.5. The third-order valence-corrected chi connectivity index (χ3v) is 2.33. The topological polar surface area (TPSA) is 85.2 Å². The maximum Gasteiger partial charge on any atom is 0.339 e. The Bertz CT molecular complexity index is 404. The van der Waals surface area contributed by atoms with E-state index in [4.69, 9.17) is 14.2 Å². The van der Waals surface area contributed by atoms with Gasteiger partial charge in [0.2, 0.25) is 5.75 Å². The van der Waals surface area contributed by atoms with Crippen LogP contribution in [0.4, 0.5) is 0 Å². The highest BCUT2D eigenvalue weighted by Gasteiger charge is 2.22. The van der Waals surface area contributed by atoms with Crippen LogP contribution in [-0.4, -0.2) is 37.0 Å². The number of phenols is 1. The van der Waals surface area contributed by atoms with Crippen molar-refractivity contribution in [3.05, 3.63) is 17.7 Å². The first-order chi connectivity index (χ1) is 8.54. The van der Waals surface area contributed by atoms with Crippen molar-refractivity contribution in [3.8, 4) is 17.2 Å². The summed E-state index contributed by atoms with van der Waals surface area (Å²) in [6.07, 6.45) is -1.45. The van der Waals surface area contributed by atoms with E-state index in [1.54, 1.807) is 6.92 Å². The van der Waals surface area contributed by atoms with Gasteiger partial charge in [-0.25, -0.2) is 4.79 Å². The number of carbonyl (C=O) groups is 1. The van der Waals surface area contributed by atoms with Crippen molar-refractivity contribution in [2.45, 2.75) is 13.0 Å². The van der Waals surface area contributed by atoms with Gasteiger partial charge in [0.25, 0.3) is 0 Å². The first-order valence-corrected chi connectivity index (χ1v) is 5.34. The maximum atomic E-state index is 11.4. The SMILES string of the molecule is CCOC(=O)[C@H](O)c1cc(OC)c(O)c(OC)c1. The molecular formula is C12H16O6. The molecule has 0 aromatic heterocycles. The second-order valence-electron chi connectivity index (χ2n) is 3.43. The summed E-state index contributed by atoms with van der Waals surface area (Å²) in [5, 5.41) is 19.5. The van der Waals surface area contributed by atoms with Gasteiger partial charge in [0.15, 0.2) is 17.6 Å². The second-order valence-corrected chi connectivity index (χ2v) is 3.43. The predicted octanol–water partition coefficient (Wildman–Crippen LogP) is 1.01. The summed E-state index contributed by atoms with van der Waals surface area (Å²) < 4.78 is 14.6. The molecule has 6 nitrogen and oxygen atoms in total. The maximum absolute atomic E-state index is 11.4. The van der Waals surface area contributed by atoms with Gasteiger partial charge in [-0.15, -0.1) is 0 Å². The molecule has 6 heteroatoms. The Morgan fingerprint density at radius 2 is 1.78 bits per heavy atom. The molecule has 1 rings (SSSR count). The zero-order valence-corrected chi connectivity index (χ0v) is 10.5. The van der Waals surface area contributed by atoms with Gasteiger partial charge in [0.1, 0.15) is 0 Å². The Hall–Kier alpha value is -1.95. The largest absolute Gasteiger partial charge is 0.502 e. The van der Waals surface area contributed by atoms with Crippen molar-refractivity contribution in [3.63, 3.8) is 0 Å². The lowest BCUT2D eigenvalue weighted by atomic mass is 10.1. The van der Waals surface area contributed by atoms with E-state index in [1.807, 2.05) is 0 Å². The van der Waals surface area contributed by atoms with E-state index in [9.17, 15) is 15.0 Å². The summed E-state index contributed by atoms with van der Waals surface area (Å²) in [5.41, 5.74) is 0.222. The summed E-state index contributed by atoms with van der Waals surface area (Å²) in [7, 11) is 2.71. The molecule has 0 heterocycles. The molecule has 0 spiro atoms. The average molecular weight is 256 g/mol. The first-order valence-electron chi connectivity index (χ1n) is 5.34. The van der Waals surface area contributed by atoms with Crippen LogP contribution in [0.5, 0.6) is 17.2 Å². The fraction of sp³-hybridized carbons (Fsp3) is 0.417. The molecule has 1 aromatic carbocycles. The Morgan fingerprint density at radius 3 is 2.17 bits per heavy atom. The number of benzene rings is 1. The number of aliphatic hydroxyl groups excluding tert-OH is 1. The van der Waals surface area contributed by atoms with E-state index in [-0.39, 0.29) is 29.4 Å². The molecule has 0 amide bonds. The molecule has 18 heavy (non-hydrogen) atoms. The quantitative estimate of drug-likeness (QED) is 0.765. The van der Waals surface area contributed by atoms with Crippen LogP contribution < -0.4 is 9.47 Å². The Balaban J connectivity index is 3.13. The predicted molar refractivity (Wildman–Crippen MR) is 62.8 cm³/mol. The molecule has 0 unspecified atom stereocenters. The highest BCUT2D eigenvalue weighted by atomic mass is 16.5. The zero-order chi connectivity index (χ0) is 13.7. The molecule has 0 aliphatic carbocycles. The van der Waals surface area contributed by atoms with E-state index in [1.165, 1.54) is 26.4 Å². The number of esters is 1. The van der Waals surface area contributed by atoms with Crippen LogP contribution in [0.25, 0.3) is 0 Å². The van der Waals surface area contributed by atoms with Crippen LogP contribution in [0, 0.1) is 0 Å².